The van der Waals surface area contributed by atoms with E-state index in [0.29, 0.717) is 18.0 Å². The van der Waals surface area contributed by atoms with E-state index in [1.54, 1.807) is 17.0 Å². The summed E-state index contributed by atoms with van der Waals surface area (Å²) in [5.74, 6) is -1.50. The summed E-state index contributed by atoms with van der Waals surface area (Å²) < 4.78 is 24.9. The van der Waals surface area contributed by atoms with Gasteiger partial charge in [0.25, 0.3) is 0 Å². The van der Waals surface area contributed by atoms with Crippen LogP contribution in [0.1, 0.15) is 22.9 Å². The Balaban J connectivity index is 1.39. The van der Waals surface area contributed by atoms with Crippen LogP contribution in [-0.4, -0.2) is 42.7 Å². The van der Waals surface area contributed by atoms with Gasteiger partial charge in [0.15, 0.2) is 9.84 Å². The molecule has 31 heavy (non-hydrogen) atoms. The number of amides is 2. The Morgan fingerprint density at radius 2 is 1.84 bits per heavy atom. The number of aryl methyl sites for hydroxylation is 1. The maximum absolute atomic E-state index is 12.4. The van der Waals surface area contributed by atoms with E-state index >= 15 is 0 Å². The molecule has 1 atom stereocenters. The number of aromatic nitrogens is 2. The minimum absolute atomic E-state index is 0.00109. The summed E-state index contributed by atoms with van der Waals surface area (Å²) in [5, 5.41) is 11.4. The van der Waals surface area contributed by atoms with Crippen LogP contribution in [-0.2, 0) is 19.4 Å². The number of sulfone groups is 1. The third kappa shape index (κ3) is 4.80. The summed E-state index contributed by atoms with van der Waals surface area (Å²) >= 11 is 1.15. The number of hydrogen-bond acceptors (Lipinski definition) is 7. The molecule has 2 aromatic carbocycles. The van der Waals surface area contributed by atoms with Gasteiger partial charge in [0.1, 0.15) is 10.8 Å². The van der Waals surface area contributed by atoms with E-state index in [1.807, 2.05) is 37.3 Å². The molecule has 160 valence electrons. The minimum Gasteiger partial charge on any atom is -0.312 e. The number of carbonyl (C=O) groups excluding carboxylic acids is 2. The van der Waals surface area contributed by atoms with Crippen molar-refractivity contribution in [3.8, 4) is 0 Å². The molecule has 4 rings (SSSR count). The molecule has 3 aromatic rings. The fourth-order valence-electron chi connectivity index (χ4n) is 3.34. The molecule has 1 aromatic heterocycles. The number of carbonyl (C=O) groups is 2. The maximum atomic E-state index is 12.4. The maximum Gasteiger partial charge on any atom is 0.241 e. The highest BCUT2D eigenvalue weighted by Gasteiger charge is 2.34. The van der Waals surface area contributed by atoms with Crippen LogP contribution >= 0.6 is 11.3 Å². The second-order valence-corrected chi connectivity index (χ2v) is 10.3. The first kappa shape index (κ1) is 21.1. The summed E-state index contributed by atoms with van der Waals surface area (Å²) in [5.41, 5.74) is 1.76. The van der Waals surface area contributed by atoms with E-state index in [-0.39, 0.29) is 21.9 Å². The molecule has 1 aliphatic heterocycles. The highest BCUT2D eigenvalue weighted by atomic mass is 32.2. The highest BCUT2D eigenvalue weighted by Crippen LogP contribution is 2.34. The first-order valence-corrected chi connectivity index (χ1v) is 12.1. The molecule has 0 bridgehead atoms. The van der Waals surface area contributed by atoms with Crippen LogP contribution in [0.5, 0.6) is 0 Å². The van der Waals surface area contributed by atoms with Gasteiger partial charge in [0, 0.05) is 24.6 Å². The summed E-state index contributed by atoms with van der Waals surface area (Å²) in [6.45, 7) is 2.33. The van der Waals surface area contributed by atoms with Crippen molar-refractivity contribution >= 4 is 43.8 Å². The SMILES string of the molecule is Cc1ccc(S(=O)(=O)CC(=O)Nc2nnc([C@H]3CC(=O)N(c4ccccc4)C3)s2)cc1. The lowest BCUT2D eigenvalue weighted by Gasteiger charge is -2.15. The van der Waals surface area contributed by atoms with Gasteiger partial charge in [-0.2, -0.15) is 0 Å². The minimum atomic E-state index is -3.76. The Morgan fingerprint density at radius 3 is 2.55 bits per heavy atom. The van der Waals surface area contributed by atoms with Gasteiger partial charge in [-0.3, -0.25) is 14.9 Å². The molecule has 2 heterocycles. The van der Waals surface area contributed by atoms with Crippen LogP contribution in [0, 0.1) is 6.92 Å². The topological polar surface area (TPSA) is 109 Å². The first-order chi connectivity index (χ1) is 14.8. The normalized spacial score (nSPS) is 16.5. The largest absolute Gasteiger partial charge is 0.312 e. The summed E-state index contributed by atoms with van der Waals surface area (Å²) in [4.78, 5) is 26.5. The molecule has 0 radical (unpaired) electrons. The third-order valence-corrected chi connectivity index (χ3v) is 7.56. The number of para-hydroxylation sites is 1. The third-order valence-electron chi connectivity index (χ3n) is 4.93. The standard InChI is InChI=1S/C21H20N4O4S2/c1-14-7-9-17(10-8-14)31(28,29)13-18(26)22-21-24-23-20(30-21)15-11-19(27)25(12-15)16-5-3-2-4-6-16/h2-10,15H,11-13H2,1H3,(H,22,24,26)/t15-/m0/s1. The molecule has 8 nitrogen and oxygen atoms in total. The van der Waals surface area contributed by atoms with Gasteiger partial charge in [-0.15, -0.1) is 10.2 Å². The molecule has 1 N–H and O–H groups in total. The van der Waals surface area contributed by atoms with Crippen LogP contribution in [0.25, 0.3) is 0 Å². The number of rotatable bonds is 6. The Hall–Kier alpha value is -3.11. The number of anilines is 2. The lowest BCUT2D eigenvalue weighted by Crippen LogP contribution is -2.24. The molecule has 2 amide bonds. The van der Waals surface area contributed by atoms with Crippen LogP contribution in [0.3, 0.4) is 0 Å². The van der Waals surface area contributed by atoms with Crippen LogP contribution < -0.4 is 10.2 Å². The average molecular weight is 457 g/mol. The Kier molecular flexibility index (Phi) is 5.84. The van der Waals surface area contributed by atoms with Gasteiger partial charge in [-0.1, -0.05) is 47.2 Å². The van der Waals surface area contributed by atoms with Crippen molar-refractivity contribution in [2.45, 2.75) is 24.2 Å². The predicted molar refractivity (Wildman–Crippen MR) is 118 cm³/mol. The Bertz CT molecular complexity index is 1210. The average Bonchev–Trinajstić information content (AvgIpc) is 3.35. The van der Waals surface area contributed by atoms with Gasteiger partial charge in [-0.25, -0.2) is 8.42 Å². The molecule has 1 fully saturated rings. The second-order valence-electron chi connectivity index (χ2n) is 7.31. The molecule has 1 saturated heterocycles. The van der Waals surface area contributed by atoms with Gasteiger partial charge in [-0.05, 0) is 31.2 Å². The van der Waals surface area contributed by atoms with E-state index in [1.165, 1.54) is 12.1 Å². The zero-order valence-corrected chi connectivity index (χ0v) is 18.3. The predicted octanol–water partition coefficient (Wildman–Crippen LogP) is 2.78. The first-order valence-electron chi connectivity index (χ1n) is 9.60. The molecule has 1 aliphatic rings. The fraction of sp³-hybridized carbons (Fsp3) is 0.238. The van der Waals surface area contributed by atoms with E-state index in [4.69, 9.17) is 0 Å². The number of benzene rings is 2. The molecule has 10 heteroatoms. The van der Waals surface area contributed by atoms with E-state index in [2.05, 4.69) is 15.5 Å². The van der Waals surface area contributed by atoms with E-state index in [0.717, 1.165) is 22.6 Å². The molecule has 0 aliphatic carbocycles. The molecular weight excluding hydrogens is 436 g/mol. The zero-order chi connectivity index (χ0) is 22.0. The van der Waals surface area contributed by atoms with Gasteiger partial charge in [0.2, 0.25) is 16.9 Å². The van der Waals surface area contributed by atoms with Crippen LogP contribution in [0.4, 0.5) is 10.8 Å². The van der Waals surface area contributed by atoms with Crippen molar-refractivity contribution < 1.29 is 18.0 Å². The van der Waals surface area contributed by atoms with Gasteiger partial charge < -0.3 is 4.90 Å². The summed E-state index contributed by atoms with van der Waals surface area (Å²) in [7, 11) is -3.76. The van der Waals surface area contributed by atoms with Crippen molar-refractivity contribution in [2.24, 2.45) is 0 Å². The second kappa shape index (κ2) is 8.56. The van der Waals surface area contributed by atoms with Gasteiger partial charge >= 0.3 is 0 Å². The number of nitrogens with one attached hydrogen (secondary N) is 1. The van der Waals surface area contributed by atoms with Crippen molar-refractivity contribution in [2.75, 3.05) is 22.5 Å². The highest BCUT2D eigenvalue weighted by molar-refractivity contribution is 7.92. The fourth-order valence-corrected chi connectivity index (χ4v) is 5.32. The van der Waals surface area contributed by atoms with Crippen LogP contribution in [0.2, 0.25) is 0 Å². The van der Waals surface area contributed by atoms with Crippen molar-refractivity contribution in [3.05, 3.63) is 65.2 Å². The molecule has 0 saturated carbocycles. The Labute approximate surface area is 183 Å². The van der Waals surface area contributed by atoms with Gasteiger partial charge in [0.05, 0.1) is 4.90 Å². The number of nitrogens with zero attached hydrogens (tertiary/aromatic N) is 3. The lowest BCUT2D eigenvalue weighted by molar-refractivity contribution is -0.117. The summed E-state index contributed by atoms with van der Waals surface area (Å²) in [6, 6.07) is 15.7. The zero-order valence-electron chi connectivity index (χ0n) is 16.7. The smallest absolute Gasteiger partial charge is 0.241 e. The Morgan fingerprint density at radius 1 is 1.13 bits per heavy atom. The molecular formula is C21H20N4O4S2. The number of hydrogen-bond donors (Lipinski definition) is 1. The quantitative estimate of drug-likeness (QED) is 0.611. The molecule has 0 spiro atoms. The van der Waals surface area contributed by atoms with E-state index in [9.17, 15) is 18.0 Å². The monoisotopic (exact) mass is 456 g/mol. The van der Waals surface area contributed by atoms with E-state index < -0.39 is 21.5 Å². The van der Waals surface area contributed by atoms with Crippen molar-refractivity contribution in [1.82, 2.24) is 10.2 Å². The molecule has 0 unspecified atom stereocenters. The lowest BCUT2D eigenvalue weighted by atomic mass is 10.1. The van der Waals surface area contributed by atoms with Crippen molar-refractivity contribution in [1.29, 1.82) is 0 Å². The van der Waals surface area contributed by atoms with Crippen molar-refractivity contribution in [3.63, 3.8) is 0 Å². The van der Waals surface area contributed by atoms with Crippen LogP contribution in [0.15, 0.2) is 59.5 Å². The summed E-state index contributed by atoms with van der Waals surface area (Å²) in [6.07, 6.45) is 0.305.